The quantitative estimate of drug-likeness (QED) is 0.914. The van der Waals surface area contributed by atoms with Crippen LogP contribution in [0, 0.1) is 17.2 Å². The Morgan fingerprint density at radius 3 is 2.84 bits per heavy atom. The van der Waals surface area contributed by atoms with Crippen LogP contribution in [0.2, 0.25) is 0 Å². The van der Waals surface area contributed by atoms with E-state index >= 15 is 0 Å². The van der Waals surface area contributed by atoms with Crippen LogP contribution in [0.25, 0.3) is 0 Å². The van der Waals surface area contributed by atoms with E-state index in [1.165, 1.54) is 18.3 Å². The lowest BCUT2D eigenvalue weighted by atomic mass is 9.87. The van der Waals surface area contributed by atoms with Gasteiger partial charge in [0.2, 0.25) is 10.0 Å². The van der Waals surface area contributed by atoms with E-state index in [0.29, 0.717) is 5.92 Å². The van der Waals surface area contributed by atoms with E-state index in [1.807, 2.05) is 6.07 Å². The van der Waals surface area contributed by atoms with Gasteiger partial charge in [-0.25, -0.2) is 18.1 Å². The van der Waals surface area contributed by atoms with Crippen LogP contribution in [0.1, 0.15) is 38.3 Å². The molecule has 0 amide bonds. The molecule has 1 N–H and O–H groups in total. The van der Waals surface area contributed by atoms with Crippen molar-refractivity contribution in [3.8, 4) is 6.07 Å². The van der Waals surface area contributed by atoms with Crippen molar-refractivity contribution in [3.05, 3.63) is 24.0 Å². The topological polar surface area (TPSA) is 82.8 Å². The van der Waals surface area contributed by atoms with E-state index in [1.54, 1.807) is 0 Å². The molecule has 0 spiro atoms. The summed E-state index contributed by atoms with van der Waals surface area (Å²) in [4.78, 5) is 3.76. The summed E-state index contributed by atoms with van der Waals surface area (Å²) in [6.07, 6.45) is 5.49. The molecule has 2 unspecified atom stereocenters. The highest BCUT2D eigenvalue weighted by Gasteiger charge is 2.28. The van der Waals surface area contributed by atoms with Crippen LogP contribution >= 0.6 is 0 Å². The van der Waals surface area contributed by atoms with Gasteiger partial charge in [0.15, 0.2) is 5.69 Å². The van der Waals surface area contributed by atoms with Crippen LogP contribution in [0.3, 0.4) is 0 Å². The number of hydrogen-bond acceptors (Lipinski definition) is 4. The monoisotopic (exact) mass is 279 g/mol. The minimum Gasteiger partial charge on any atom is -0.244 e. The second kappa shape index (κ2) is 5.68. The maximum Gasteiger partial charge on any atom is 0.243 e. The van der Waals surface area contributed by atoms with Gasteiger partial charge in [0.1, 0.15) is 11.0 Å². The third-order valence-electron chi connectivity index (χ3n) is 3.58. The van der Waals surface area contributed by atoms with Gasteiger partial charge in [0, 0.05) is 12.2 Å². The summed E-state index contributed by atoms with van der Waals surface area (Å²) in [7, 11) is -3.67. The molecule has 0 aliphatic heterocycles. The van der Waals surface area contributed by atoms with Gasteiger partial charge in [-0.3, -0.25) is 0 Å². The third kappa shape index (κ3) is 3.11. The molecular weight excluding hydrogens is 262 g/mol. The predicted octanol–water partition coefficient (Wildman–Crippen LogP) is 1.81. The maximum absolute atomic E-state index is 12.3. The molecule has 1 heterocycles. The molecule has 1 saturated carbocycles. The highest BCUT2D eigenvalue weighted by molar-refractivity contribution is 7.89. The van der Waals surface area contributed by atoms with Crippen LogP contribution in [0.15, 0.2) is 23.2 Å². The van der Waals surface area contributed by atoms with Gasteiger partial charge in [-0.1, -0.05) is 19.8 Å². The van der Waals surface area contributed by atoms with E-state index < -0.39 is 10.0 Å². The van der Waals surface area contributed by atoms with Crippen LogP contribution in [-0.2, 0) is 10.0 Å². The van der Waals surface area contributed by atoms with Crippen LogP contribution in [-0.4, -0.2) is 19.4 Å². The molecule has 0 bridgehead atoms. The Morgan fingerprint density at radius 2 is 2.16 bits per heavy atom. The average molecular weight is 279 g/mol. The number of pyridine rings is 1. The fourth-order valence-corrected chi connectivity index (χ4v) is 3.93. The van der Waals surface area contributed by atoms with Gasteiger partial charge >= 0.3 is 0 Å². The number of aromatic nitrogens is 1. The number of hydrogen-bond donors (Lipinski definition) is 1. The molecule has 0 aromatic carbocycles. The van der Waals surface area contributed by atoms with Gasteiger partial charge in [-0.05, 0) is 30.9 Å². The molecule has 1 aliphatic carbocycles. The molecule has 5 nitrogen and oxygen atoms in total. The highest BCUT2D eigenvalue weighted by Crippen LogP contribution is 2.25. The number of nitrogens with one attached hydrogen (secondary N) is 1. The normalized spacial score (nSPS) is 23.8. The minimum atomic E-state index is -3.67. The molecule has 1 aliphatic rings. The van der Waals surface area contributed by atoms with Crippen molar-refractivity contribution in [3.63, 3.8) is 0 Å². The summed E-state index contributed by atoms with van der Waals surface area (Å²) >= 11 is 0. The first-order valence-electron chi connectivity index (χ1n) is 6.42. The summed E-state index contributed by atoms with van der Waals surface area (Å²) in [5.41, 5.74) is -0.0570. The number of nitriles is 1. The Hall–Kier alpha value is -1.45. The van der Waals surface area contributed by atoms with Crippen LogP contribution in [0.5, 0.6) is 0 Å². The van der Waals surface area contributed by atoms with E-state index in [2.05, 4.69) is 16.6 Å². The number of sulfonamides is 1. The lowest BCUT2D eigenvalue weighted by Gasteiger charge is -2.29. The molecule has 0 saturated heterocycles. The molecular formula is C13H17N3O2S. The molecule has 1 aromatic heterocycles. The van der Waals surface area contributed by atoms with Crippen molar-refractivity contribution in [2.24, 2.45) is 5.92 Å². The Bertz CT molecular complexity index is 592. The summed E-state index contributed by atoms with van der Waals surface area (Å²) in [6.45, 7) is 2.06. The number of nitrogens with zero attached hydrogens (tertiary/aromatic N) is 2. The molecule has 6 heteroatoms. The molecule has 1 aromatic rings. The molecule has 102 valence electrons. The molecule has 0 radical (unpaired) electrons. The van der Waals surface area contributed by atoms with Crippen LogP contribution < -0.4 is 4.72 Å². The third-order valence-corrected chi connectivity index (χ3v) is 5.11. The van der Waals surface area contributed by atoms with Gasteiger partial charge in [0.05, 0.1) is 0 Å². The molecule has 2 atom stereocenters. The minimum absolute atomic E-state index is 0.0322. The second-order valence-electron chi connectivity index (χ2n) is 4.95. The lowest BCUT2D eigenvalue weighted by molar-refractivity contribution is 0.310. The summed E-state index contributed by atoms with van der Waals surface area (Å²) in [5.74, 6) is 0.325. The Morgan fingerprint density at radius 1 is 1.42 bits per heavy atom. The van der Waals surface area contributed by atoms with Gasteiger partial charge in [-0.15, -0.1) is 0 Å². The van der Waals surface area contributed by atoms with Gasteiger partial charge < -0.3 is 0 Å². The Kier molecular flexibility index (Phi) is 4.17. The zero-order valence-corrected chi connectivity index (χ0v) is 11.7. The molecule has 19 heavy (non-hydrogen) atoms. The first-order valence-corrected chi connectivity index (χ1v) is 7.90. The molecule has 2 rings (SSSR count). The number of rotatable bonds is 3. The van der Waals surface area contributed by atoms with E-state index in [9.17, 15) is 8.42 Å². The first-order chi connectivity index (χ1) is 9.04. The zero-order chi connectivity index (χ0) is 13.9. The van der Waals surface area contributed by atoms with Gasteiger partial charge in [-0.2, -0.15) is 5.26 Å². The summed E-state index contributed by atoms with van der Waals surface area (Å²) < 4.78 is 27.4. The maximum atomic E-state index is 12.3. The summed E-state index contributed by atoms with van der Waals surface area (Å²) in [6, 6.07) is 4.71. The highest BCUT2D eigenvalue weighted by atomic mass is 32.2. The van der Waals surface area contributed by atoms with Crippen molar-refractivity contribution in [1.29, 1.82) is 5.26 Å². The van der Waals surface area contributed by atoms with Crippen LogP contribution in [0.4, 0.5) is 0 Å². The summed E-state index contributed by atoms with van der Waals surface area (Å²) in [5, 5.41) is 8.93. The van der Waals surface area contributed by atoms with E-state index in [4.69, 9.17) is 5.26 Å². The zero-order valence-electron chi connectivity index (χ0n) is 10.8. The van der Waals surface area contributed by atoms with Crippen molar-refractivity contribution < 1.29 is 8.42 Å². The smallest absolute Gasteiger partial charge is 0.243 e. The van der Waals surface area contributed by atoms with Crippen molar-refractivity contribution in [2.45, 2.75) is 43.5 Å². The average Bonchev–Trinajstić information content (AvgIpc) is 2.41. The largest absolute Gasteiger partial charge is 0.244 e. The van der Waals surface area contributed by atoms with Crippen molar-refractivity contribution >= 4 is 10.0 Å². The second-order valence-corrected chi connectivity index (χ2v) is 6.63. The fraction of sp³-hybridized carbons (Fsp3) is 0.538. The molecule has 1 fully saturated rings. The SMILES string of the molecule is CC1CCCCC1NS(=O)(=O)c1cccnc1C#N. The first kappa shape index (κ1) is 14.0. The lowest BCUT2D eigenvalue weighted by Crippen LogP contribution is -2.41. The van der Waals surface area contributed by atoms with Crippen molar-refractivity contribution in [1.82, 2.24) is 9.71 Å². The Balaban J connectivity index is 2.25. The van der Waals surface area contributed by atoms with E-state index in [0.717, 1.165) is 25.7 Å². The van der Waals surface area contributed by atoms with Gasteiger partial charge in [0.25, 0.3) is 0 Å². The Labute approximate surface area is 113 Å². The van der Waals surface area contributed by atoms with E-state index in [-0.39, 0.29) is 16.6 Å². The van der Waals surface area contributed by atoms with Crippen molar-refractivity contribution in [2.75, 3.05) is 0 Å². The fourth-order valence-electron chi connectivity index (χ4n) is 2.45. The predicted molar refractivity (Wildman–Crippen MR) is 70.7 cm³/mol. The standard InChI is InChI=1S/C13H17N3O2S/c1-10-5-2-3-6-11(10)16-19(17,18)13-7-4-8-15-12(13)9-14/h4,7-8,10-11,16H,2-3,5-6H2,1H3.